The van der Waals surface area contributed by atoms with E-state index in [9.17, 15) is 20.0 Å². The van der Waals surface area contributed by atoms with E-state index in [0.717, 1.165) is 38.9 Å². The number of halogens is 1. The first-order chi connectivity index (χ1) is 11.0. The third-order valence-corrected chi connectivity index (χ3v) is 4.21. The summed E-state index contributed by atoms with van der Waals surface area (Å²) in [6, 6.07) is 4.30. The van der Waals surface area contributed by atoms with Gasteiger partial charge in [0.1, 0.15) is 10.6 Å². The Morgan fingerprint density at radius 3 is 2.78 bits per heavy atom. The Morgan fingerprint density at radius 1 is 1.43 bits per heavy atom. The monoisotopic (exact) mass is 341 g/mol. The zero-order valence-corrected chi connectivity index (χ0v) is 13.5. The van der Waals surface area contributed by atoms with Crippen LogP contribution in [0.5, 0.6) is 0 Å². The molecule has 23 heavy (non-hydrogen) atoms. The second-order valence-corrected chi connectivity index (χ2v) is 5.98. The minimum absolute atomic E-state index is 0.0244. The van der Waals surface area contributed by atoms with Crippen molar-refractivity contribution >= 4 is 23.2 Å². The topological polar surface area (TPSA) is 95.7 Å². The summed E-state index contributed by atoms with van der Waals surface area (Å²) in [5, 5.41) is 23.1. The van der Waals surface area contributed by atoms with Crippen LogP contribution in [-0.2, 0) is 0 Å². The van der Waals surface area contributed by atoms with Crippen molar-refractivity contribution in [2.24, 2.45) is 0 Å². The number of nitro benzene ring substituents is 1. The van der Waals surface area contributed by atoms with Crippen LogP contribution in [-0.4, -0.2) is 53.1 Å². The summed E-state index contributed by atoms with van der Waals surface area (Å²) in [4.78, 5) is 24.7. The first-order valence-corrected chi connectivity index (χ1v) is 7.98. The van der Waals surface area contributed by atoms with Crippen molar-refractivity contribution in [1.82, 2.24) is 10.2 Å². The van der Waals surface area contributed by atoms with Crippen LogP contribution < -0.4 is 5.32 Å². The van der Waals surface area contributed by atoms with E-state index < -0.39 is 10.8 Å². The lowest BCUT2D eigenvalue weighted by atomic mass is 10.1. The molecule has 0 saturated carbocycles. The molecule has 1 saturated heterocycles. The van der Waals surface area contributed by atoms with Gasteiger partial charge in [0.05, 0.1) is 11.0 Å². The molecule has 1 heterocycles. The highest BCUT2D eigenvalue weighted by molar-refractivity contribution is 6.33. The quantitative estimate of drug-likeness (QED) is 0.467. The third kappa shape index (κ3) is 4.89. The summed E-state index contributed by atoms with van der Waals surface area (Å²) < 4.78 is 0. The first kappa shape index (κ1) is 17.7. The van der Waals surface area contributed by atoms with Gasteiger partial charge in [-0.25, -0.2) is 0 Å². The fourth-order valence-corrected chi connectivity index (χ4v) is 2.87. The summed E-state index contributed by atoms with van der Waals surface area (Å²) in [6.07, 6.45) is 2.10. The SMILES string of the molecule is O=C(NCCCN1CCC(O)CC1)c1cccc(Cl)c1[N+](=O)[O-]. The van der Waals surface area contributed by atoms with Crippen LogP contribution in [0.2, 0.25) is 5.02 Å². The molecule has 1 aromatic rings. The minimum atomic E-state index is -0.643. The minimum Gasteiger partial charge on any atom is -0.393 e. The number of hydrogen-bond acceptors (Lipinski definition) is 5. The predicted octanol–water partition coefficient (Wildman–Crippen LogP) is 1.82. The molecule has 2 rings (SSSR count). The van der Waals surface area contributed by atoms with Gasteiger partial charge in [0.2, 0.25) is 0 Å². The zero-order chi connectivity index (χ0) is 16.8. The molecule has 0 spiro atoms. The van der Waals surface area contributed by atoms with Crippen molar-refractivity contribution in [3.05, 3.63) is 38.9 Å². The van der Waals surface area contributed by atoms with Gasteiger partial charge in [-0.3, -0.25) is 14.9 Å². The van der Waals surface area contributed by atoms with Crippen LogP contribution in [0.25, 0.3) is 0 Å². The largest absolute Gasteiger partial charge is 0.393 e. The molecule has 1 aromatic carbocycles. The maximum absolute atomic E-state index is 12.1. The number of amides is 1. The molecule has 0 aliphatic carbocycles. The number of para-hydroxylation sites is 1. The summed E-state index contributed by atoms with van der Waals surface area (Å²) in [7, 11) is 0. The zero-order valence-electron chi connectivity index (χ0n) is 12.7. The highest BCUT2D eigenvalue weighted by Gasteiger charge is 2.23. The normalized spacial score (nSPS) is 16.3. The molecule has 1 fully saturated rings. The van der Waals surface area contributed by atoms with E-state index in [1.165, 1.54) is 18.2 Å². The molecule has 0 aromatic heterocycles. The molecule has 2 N–H and O–H groups in total. The van der Waals surface area contributed by atoms with Crippen molar-refractivity contribution in [3.8, 4) is 0 Å². The van der Waals surface area contributed by atoms with E-state index in [1.54, 1.807) is 0 Å². The smallest absolute Gasteiger partial charge is 0.300 e. The van der Waals surface area contributed by atoms with Crippen molar-refractivity contribution in [3.63, 3.8) is 0 Å². The second-order valence-electron chi connectivity index (χ2n) is 5.58. The lowest BCUT2D eigenvalue weighted by Crippen LogP contribution is -2.37. The molecule has 0 unspecified atom stereocenters. The fraction of sp³-hybridized carbons (Fsp3) is 0.533. The van der Waals surface area contributed by atoms with Crippen LogP contribution in [0, 0.1) is 10.1 Å². The molecule has 8 heteroatoms. The van der Waals surface area contributed by atoms with E-state index in [4.69, 9.17) is 11.6 Å². The molecule has 0 bridgehead atoms. The number of carbonyl (C=O) groups is 1. The van der Waals surface area contributed by atoms with E-state index in [-0.39, 0.29) is 22.4 Å². The van der Waals surface area contributed by atoms with Crippen LogP contribution in [0.15, 0.2) is 18.2 Å². The van der Waals surface area contributed by atoms with E-state index >= 15 is 0 Å². The number of nitrogens with one attached hydrogen (secondary N) is 1. The first-order valence-electron chi connectivity index (χ1n) is 7.60. The van der Waals surface area contributed by atoms with Gasteiger partial charge in [-0.15, -0.1) is 0 Å². The Bertz CT molecular complexity index is 574. The molecule has 0 radical (unpaired) electrons. The maximum Gasteiger partial charge on any atom is 0.300 e. The summed E-state index contributed by atoms with van der Waals surface area (Å²) in [5.41, 5.74) is -0.389. The van der Waals surface area contributed by atoms with Crippen LogP contribution >= 0.6 is 11.6 Å². The predicted molar refractivity (Wildman–Crippen MR) is 86.7 cm³/mol. The summed E-state index contributed by atoms with van der Waals surface area (Å²) in [5.74, 6) is -0.492. The van der Waals surface area contributed by atoms with Crippen molar-refractivity contribution in [2.45, 2.75) is 25.4 Å². The Labute approximate surface area is 139 Å². The lowest BCUT2D eigenvalue weighted by Gasteiger charge is -2.29. The van der Waals surface area contributed by atoms with Gasteiger partial charge in [0, 0.05) is 19.6 Å². The molecule has 1 aliphatic heterocycles. The number of benzene rings is 1. The van der Waals surface area contributed by atoms with Crippen molar-refractivity contribution in [1.29, 1.82) is 0 Å². The van der Waals surface area contributed by atoms with Crippen molar-refractivity contribution in [2.75, 3.05) is 26.2 Å². The summed E-state index contributed by atoms with van der Waals surface area (Å²) >= 11 is 5.79. The number of carbonyl (C=O) groups excluding carboxylic acids is 1. The van der Waals surface area contributed by atoms with Crippen LogP contribution in [0.1, 0.15) is 29.6 Å². The van der Waals surface area contributed by atoms with E-state index in [1.807, 2.05) is 0 Å². The molecule has 1 amide bonds. The van der Waals surface area contributed by atoms with Gasteiger partial charge in [0.15, 0.2) is 0 Å². The Hall–Kier alpha value is -1.70. The number of piperidine rings is 1. The molecule has 7 nitrogen and oxygen atoms in total. The van der Waals surface area contributed by atoms with Gasteiger partial charge >= 0.3 is 5.69 Å². The van der Waals surface area contributed by atoms with Crippen LogP contribution in [0.3, 0.4) is 0 Å². The molecular formula is C15H20ClN3O4. The van der Waals surface area contributed by atoms with E-state index in [2.05, 4.69) is 10.2 Å². The Balaban J connectivity index is 1.81. The number of rotatable bonds is 6. The fourth-order valence-electron chi connectivity index (χ4n) is 2.63. The summed E-state index contributed by atoms with van der Waals surface area (Å²) in [6.45, 7) is 2.97. The van der Waals surface area contributed by atoms with Gasteiger partial charge in [0.25, 0.3) is 5.91 Å². The highest BCUT2D eigenvalue weighted by atomic mass is 35.5. The Kier molecular flexibility index (Phi) is 6.32. The number of nitro groups is 1. The Morgan fingerprint density at radius 2 is 2.13 bits per heavy atom. The standard InChI is InChI=1S/C15H20ClN3O4/c16-13-4-1-3-12(14(13)19(22)23)15(21)17-7-2-8-18-9-5-11(20)6-10-18/h1,3-4,11,20H,2,5-10H2,(H,17,21). The number of likely N-dealkylation sites (tertiary alicyclic amines) is 1. The third-order valence-electron chi connectivity index (χ3n) is 3.91. The number of aliphatic hydroxyl groups is 1. The van der Waals surface area contributed by atoms with E-state index in [0.29, 0.717) is 6.54 Å². The number of aliphatic hydroxyl groups excluding tert-OH is 1. The molecular weight excluding hydrogens is 322 g/mol. The van der Waals surface area contributed by atoms with Crippen molar-refractivity contribution < 1.29 is 14.8 Å². The average Bonchev–Trinajstić information content (AvgIpc) is 2.52. The molecule has 1 aliphatic rings. The van der Waals surface area contributed by atoms with Gasteiger partial charge in [-0.1, -0.05) is 17.7 Å². The lowest BCUT2D eigenvalue weighted by molar-refractivity contribution is -0.385. The van der Waals surface area contributed by atoms with Gasteiger partial charge < -0.3 is 15.3 Å². The number of hydrogen-bond donors (Lipinski definition) is 2. The molecule has 126 valence electrons. The van der Waals surface area contributed by atoms with Crippen LogP contribution in [0.4, 0.5) is 5.69 Å². The van der Waals surface area contributed by atoms with Gasteiger partial charge in [-0.2, -0.15) is 0 Å². The number of nitrogens with zero attached hydrogens (tertiary/aromatic N) is 2. The van der Waals surface area contributed by atoms with Gasteiger partial charge in [-0.05, 0) is 37.9 Å². The maximum atomic E-state index is 12.1. The average molecular weight is 342 g/mol. The second kappa shape index (κ2) is 8.24. The molecule has 0 atom stereocenters. The highest BCUT2D eigenvalue weighted by Crippen LogP contribution is 2.27.